The summed E-state index contributed by atoms with van der Waals surface area (Å²) in [6, 6.07) is 21.3. The minimum absolute atomic E-state index is 0.0971. The van der Waals surface area contributed by atoms with Crippen LogP contribution in [0.1, 0.15) is 29.2 Å². The fraction of sp³-hybridized carbons (Fsp3) is 0.172. The van der Waals surface area contributed by atoms with Crippen molar-refractivity contribution in [3.05, 3.63) is 112 Å². The van der Waals surface area contributed by atoms with Crippen molar-refractivity contribution in [3.63, 3.8) is 0 Å². The first kappa shape index (κ1) is 26.0. The number of carbonyl (C=O) groups is 1. The number of hydrogen-bond acceptors (Lipinski definition) is 5. The summed E-state index contributed by atoms with van der Waals surface area (Å²) >= 11 is 12.8. The van der Waals surface area contributed by atoms with Crippen molar-refractivity contribution in [1.82, 2.24) is 4.90 Å². The van der Waals surface area contributed by atoms with E-state index in [9.17, 15) is 4.79 Å². The summed E-state index contributed by atoms with van der Waals surface area (Å²) in [6.07, 6.45) is 4.28. The second-order valence-electron chi connectivity index (χ2n) is 8.10. The van der Waals surface area contributed by atoms with Crippen LogP contribution in [0.15, 0.2) is 84.3 Å². The van der Waals surface area contributed by atoms with E-state index in [0.29, 0.717) is 51.9 Å². The van der Waals surface area contributed by atoms with Gasteiger partial charge in [0.05, 0.1) is 18.1 Å². The summed E-state index contributed by atoms with van der Waals surface area (Å²) in [4.78, 5) is 15.4. The molecule has 0 saturated carbocycles. The van der Waals surface area contributed by atoms with E-state index in [-0.39, 0.29) is 5.91 Å². The molecule has 3 aromatic rings. The lowest BCUT2D eigenvalue weighted by Crippen LogP contribution is -2.27. The average molecular weight is 536 g/mol. The number of allylic oxidation sites excluding steroid dienone is 1. The van der Waals surface area contributed by atoms with Crippen LogP contribution in [0.4, 0.5) is 0 Å². The highest BCUT2D eigenvalue weighted by atomic mass is 35.5. The van der Waals surface area contributed by atoms with Crippen molar-refractivity contribution in [2.45, 2.75) is 26.5 Å². The maximum absolute atomic E-state index is 13.2. The highest BCUT2D eigenvalue weighted by Crippen LogP contribution is 2.38. The van der Waals surface area contributed by atoms with Crippen molar-refractivity contribution in [2.75, 3.05) is 6.61 Å². The molecule has 1 fully saturated rings. The first-order chi connectivity index (χ1) is 17.5. The molecule has 1 aliphatic heterocycles. The number of thioether (sulfide) groups is 1. The average Bonchev–Trinajstić information content (AvgIpc) is 3.13. The van der Waals surface area contributed by atoms with Gasteiger partial charge in [-0.2, -0.15) is 0 Å². The van der Waals surface area contributed by atoms with Crippen LogP contribution in [0.3, 0.4) is 0 Å². The third-order valence-corrected chi connectivity index (χ3v) is 7.10. The van der Waals surface area contributed by atoms with Crippen molar-refractivity contribution in [2.24, 2.45) is 0 Å². The Labute approximate surface area is 226 Å². The Morgan fingerprint density at radius 2 is 1.81 bits per heavy atom. The largest absolute Gasteiger partial charge is 0.490 e. The van der Waals surface area contributed by atoms with Gasteiger partial charge in [-0.3, -0.25) is 9.69 Å². The highest BCUT2D eigenvalue weighted by Gasteiger charge is 2.32. The second kappa shape index (κ2) is 12.3. The summed E-state index contributed by atoms with van der Waals surface area (Å²) in [6.45, 7) is 7.13. The van der Waals surface area contributed by atoms with E-state index in [1.54, 1.807) is 4.90 Å². The number of amides is 1. The molecule has 4 rings (SSSR count). The first-order valence-electron chi connectivity index (χ1n) is 11.6. The minimum Gasteiger partial charge on any atom is -0.490 e. The maximum atomic E-state index is 13.2. The summed E-state index contributed by atoms with van der Waals surface area (Å²) in [5.41, 5.74) is 3.80. The Morgan fingerprint density at radius 1 is 1.06 bits per heavy atom. The second-order valence-corrected chi connectivity index (χ2v) is 10.2. The monoisotopic (exact) mass is 535 g/mol. The number of halogens is 1. The van der Waals surface area contributed by atoms with Crippen molar-refractivity contribution < 1.29 is 14.3 Å². The van der Waals surface area contributed by atoms with E-state index < -0.39 is 0 Å². The Hall–Kier alpha value is -3.06. The van der Waals surface area contributed by atoms with Gasteiger partial charge >= 0.3 is 0 Å². The summed E-state index contributed by atoms with van der Waals surface area (Å²) in [5.74, 6) is 1.19. The molecule has 184 valence electrons. The number of nitrogens with zero attached hydrogens (tertiary/aromatic N) is 1. The normalized spacial score (nSPS) is 14.4. The molecule has 1 saturated heterocycles. The topological polar surface area (TPSA) is 38.8 Å². The fourth-order valence-corrected chi connectivity index (χ4v) is 5.17. The lowest BCUT2D eigenvalue weighted by Gasteiger charge is -2.17. The number of rotatable bonds is 10. The molecule has 36 heavy (non-hydrogen) atoms. The van der Waals surface area contributed by atoms with Gasteiger partial charge in [0.1, 0.15) is 10.9 Å². The maximum Gasteiger partial charge on any atom is 0.266 e. The van der Waals surface area contributed by atoms with Crippen LogP contribution >= 0.6 is 35.6 Å². The molecule has 0 unspecified atom stereocenters. The van der Waals surface area contributed by atoms with E-state index in [2.05, 4.69) is 6.58 Å². The molecule has 7 heteroatoms. The summed E-state index contributed by atoms with van der Waals surface area (Å²) in [7, 11) is 0. The van der Waals surface area contributed by atoms with Crippen LogP contribution < -0.4 is 9.47 Å². The van der Waals surface area contributed by atoms with E-state index in [1.807, 2.05) is 85.8 Å². The molecule has 0 spiro atoms. The van der Waals surface area contributed by atoms with Gasteiger partial charge in [0, 0.05) is 10.6 Å². The predicted molar refractivity (Wildman–Crippen MR) is 152 cm³/mol. The molecule has 0 aromatic heterocycles. The van der Waals surface area contributed by atoms with Crippen LogP contribution in [-0.4, -0.2) is 21.7 Å². The third kappa shape index (κ3) is 6.38. The van der Waals surface area contributed by atoms with Crippen LogP contribution in [0, 0.1) is 0 Å². The molecular formula is C29H26ClNO3S2. The molecule has 3 aromatic carbocycles. The minimum atomic E-state index is -0.0971. The lowest BCUT2D eigenvalue weighted by atomic mass is 10.0. The molecule has 0 N–H and O–H groups in total. The molecule has 0 radical (unpaired) electrons. The lowest BCUT2D eigenvalue weighted by molar-refractivity contribution is -0.122. The Kier molecular flexibility index (Phi) is 8.86. The van der Waals surface area contributed by atoms with Gasteiger partial charge in [-0.1, -0.05) is 84.1 Å². The molecule has 4 nitrogen and oxygen atoms in total. The number of carbonyl (C=O) groups excluding carboxylic acids is 1. The van der Waals surface area contributed by atoms with Gasteiger partial charge in [-0.15, -0.1) is 6.58 Å². The molecule has 1 amide bonds. The SMILES string of the molecule is C=CCc1cc(/C=C2/SC(=S)N(Cc3ccccc3)C2=O)cc(OCC)c1OCc1ccc(Cl)cc1. The smallest absolute Gasteiger partial charge is 0.266 e. The van der Waals surface area contributed by atoms with Crippen LogP contribution in [0.2, 0.25) is 5.02 Å². The van der Waals surface area contributed by atoms with E-state index in [4.69, 9.17) is 33.3 Å². The van der Waals surface area contributed by atoms with Gasteiger partial charge < -0.3 is 9.47 Å². The Balaban J connectivity index is 1.61. The van der Waals surface area contributed by atoms with Gasteiger partial charge in [0.25, 0.3) is 5.91 Å². The number of benzene rings is 3. The Bertz CT molecular complexity index is 1290. The van der Waals surface area contributed by atoms with Crippen molar-refractivity contribution >= 4 is 51.9 Å². The van der Waals surface area contributed by atoms with Crippen LogP contribution in [0.5, 0.6) is 11.5 Å². The van der Waals surface area contributed by atoms with E-state index >= 15 is 0 Å². The molecule has 1 heterocycles. The first-order valence-corrected chi connectivity index (χ1v) is 13.2. The molecule has 0 aliphatic carbocycles. The fourth-order valence-electron chi connectivity index (χ4n) is 3.79. The van der Waals surface area contributed by atoms with E-state index in [1.165, 1.54) is 11.8 Å². The zero-order valence-electron chi connectivity index (χ0n) is 19.9. The van der Waals surface area contributed by atoms with Gasteiger partial charge in [-0.25, -0.2) is 0 Å². The number of hydrogen-bond donors (Lipinski definition) is 0. The quantitative estimate of drug-likeness (QED) is 0.153. The number of ether oxygens (including phenoxy) is 2. The van der Waals surface area contributed by atoms with Gasteiger partial charge in [-0.05, 0) is 60.4 Å². The molecule has 1 aliphatic rings. The zero-order chi connectivity index (χ0) is 25.5. The number of thiocarbonyl (C=S) groups is 1. The summed E-state index contributed by atoms with van der Waals surface area (Å²) < 4.78 is 12.7. The van der Waals surface area contributed by atoms with E-state index in [0.717, 1.165) is 22.3 Å². The molecule has 0 bridgehead atoms. The third-order valence-electron chi connectivity index (χ3n) is 5.47. The molecular weight excluding hydrogens is 510 g/mol. The van der Waals surface area contributed by atoms with Crippen LogP contribution in [-0.2, 0) is 24.4 Å². The summed E-state index contributed by atoms with van der Waals surface area (Å²) in [5, 5.41) is 0.680. The van der Waals surface area contributed by atoms with Gasteiger partial charge in [0.2, 0.25) is 0 Å². The highest BCUT2D eigenvalue weighted by molar-refractivity contribution is 8.26. The standard InChI is InChI=1S/C29H26ClNO3S2/c1-3-8-23-15-22(16-25(33-4-2)27(23)34-19-21-11-13-24(30)14-12-21)17-26-28(32)31(29(35)36-26)18-20-9-6-5-7-10-20/h3,5-7,9-17H,1,4,8,18-19H2,2H3/b26-17+. The van der Waals surface area contributed by atoms with Crippen molar-refractivity contribution in [3.8, 4) is 11.5 Å². The zero-order valence-corrected chi connectivity index (χ0v) is 22.3. The van der Waals surface area contributed by atoms with Crippen LogP contribution in [0.25, 0.3) is 6.08 Å². The Morgan fingerprint density at radius 3 is 2.50 bits per heavy atom. The predicted octanol–water partition coefficient (Wildman–Crippen LogP) is 7.45. The van der Waals surface area contributed by atoms with Crippen molar-refractivity contribution in [1.29, 1.82) is 0 Å². The van der Waals surface area contributed by atoms with Gasteiger partial charge in [0.15, 0.2) is 11.5 Å². The molecule has 0 atom stereocenters.